The molecule has 0 amide bonds. The van der Waals surface area contributed by atoms with Crippen molar-refractivity contribution in [3.8, 4) is 11.5 Å². The van der Waals surface area contributed by atoms with Crippen LogP contribution >= 0.6 is 0 Å². The number of hydrogen-bond acceptors (Lipinski definition) is 3. The molecule has 3 heteroatoms. The minimum Gasteiger partial charge on any atom is -0.507 e. The van der Waals surface area contributed by atoms with Crippen LogP contribution in [-0.2, 0) is 6.54 Å². The van der Waals surface area contributed by atoms with Gasteiger partial charge in [-0.3, -0.25) is 0 Å². The topological polar surface area (TPSA) is 41.5 Å². The standard InChI is InChI=1S/C15H23NO2/c1-11(12-5-3-4-6-12)16-10-13-7-8-14(18-2)9-15(13)17/h7-9,11-12,16-17H,3-6,10H2,1-2H3/t11-/m0/s1. The first-order valence-corrected chi connectivity index (χ1v) is 6.80. The third-order valence-corrected chi connectivity index (χ3v) is 4.01. The summed E-state index contributed by atoms with van der Waals surface area (Å²) >= 11 is 0. The van der Waals surface area contributed by atoms with E-state index < -0.39 is 0 Å². The Balaban J connectivity index is 1.89. The number of nitrogens with one attached hydrogen (secondary N) is 1. The van der Waals surface area contributed by atoms with E-state index in [0.29, 0.717) is 24.1 Å². The van der Waals surface area contributed by atoms with Gasteiger partial charge in [0.05, 0.1) is 7.11 Å². The molecule has 2 N–H and O–H groups in total. The van der Waals surface area contributed by atoms with Gasteiger partial charge in [-0.1, -0.05) is 18.9 Å². The van der Waals surface area contributed by atoms with Gasteiger partial charge in [0.1, 0.15) is 11.5 Å². The maximum atomic E-state index is 9.88. The number of aromatic hydroxyl groups is 1. The predicted octanol–water partition coefficient (Wildman–Crippen LogP) is 3.07. The van der Waals surface area contributed by atoms with E-state index in [1.165, 1.54) is 25.7 Å². The Labute approximate surface area is 109 Å². The molecule has 2 rings (SSSR count). The van der Waals surface area contributed by atoms with Gasteiger partial charge >= 0.3 is 0 Å². The molecule has 0 saturated heterocycles. The predicted molar refractivity (Wildman–Crippen MR) is 72.9 cm³/mol. The number of phenolic OH excluding ortho intramolecular Hbond substituents is 1. The minimum atomic E-state index is 0.306. The number of ether oxygens (including phenoxy) is 1. The quantitative estimate of drug-likeness (QED) is 0.842. The molecule has 1 fully saturated rings. The lowest BCUT2D eigenvalue weighted by Gasteiger charge is -2.20. The number of rotatable bonds is 5. The third-order valence-electron chi connectivity index (χ3n) is 4.01. The fraction of sp³-hybridized carbons (Fsp3) is 0.600. The van der Waals surface area contributed by atoms with Crippen LogP contribution in [0.15, 0.2) is 18.2 Å². The molecular weight excluding hydrogens is 226 g/mol. The van der Waals surface area contributed by atoms with Gasteiger partial charge in [-0.05, 0) is 31.7 Å². The highest BCUT2D eigenvalue weighted by Gasteiger charge is 2.21. The highest BCUT2D eigenvalue weighted by molar-refractivity contribution is 5.39. The van der Waals surface area contributed by atoms with Crippen LogP contribution in [0.3, 0.4) is 0 Å². The molecule has 1 saturated carbocycles. The van der Waals surface area contributed by atoms with Crippen LogP contribution in [0.2, 0.25) is 0 Å². The van der Waals surface area contributed by atoms with Crippen LogP contribution in [0.5, 0.6) is 11.5 Å². The molecule has 0 aromatic heterocycles. The van der Waals surface area contributed by atoms with E-state index in [1.54, 1.807) is 13.2 Å². The first-order valence-electron chi connectivity index (χ1n) is 6.80. The Morgan fingerprint density at radius 3 is 2.72 bits per heavy atom. The summed E-state index contributed by atoms with van der Waals surface area (Å²) in [5, 5.41) is 13.4. The molecule has 0 unspecified atom stereocenters. The molecule has 1 aliphatic carbocycles. The highest BCUT2D eigenvalue weighted by Crippen LogP contribution is 2.28. The molecule has 100 valence electrons. The van der Waals surface area contributed by atoms with Crippen LogP contribution in [0, 0.1) is 5.92 Å². The second kappa shape index (κ2) is 6.10. The van der Waals surface area contributed by atoms with Crippen molar-refractivity contribution in [2.45, 2.75) is 45.2 Å². The maximum absolute atomic E-state index is 9.88. The summed E-state index contributed by atoms with van der Waals surface area (Å²) in [4.78, 5) is 0. The Bertz CT molecular complexity index is 386. The summed E-state index contributed by atoms with van der Waals surface area (Å²) < 4.78 is 5.08. The van der Waals surface area contributed by atoms with Crippen LogP contribution in [0.1, 0.15) is 38.2 Å². The zero-order chi connectivity index (χ0) is 13.0. The van der Waals surface area contributed by atoms with Crippen molar-refractivity contribution in [1.29, 1.82) is 0 Å². The molecule has 0 bridgehead atoms. The van der Waals surface area contributed by atoms with Gasteiger partial charge < -0.3 is 15.2 Å². The summed E-state index contributed by atoms with van der Waals surface area (Å²) in [5.41, 5.74) is 0.931. The smallest absolute Gasteiger partial charge is 0.123 e. The molecule has 18 heavy (non-hydrogen) atoms. The van der Waals surface area contributed by atoms with Gasteiger partial charge in [0.2, 0.25) is 0 Å². The molecule has 1 aromatic carbocycles. The van der Waals surface area contributed by atoms with E-state index >= 15 is 0 Å². The molecular formula is C15H23NO2. The largest absolute Gasteiger partial charge is 0.507 e. The second-order valence-corrected chi connectivity index (χ2v) is 5.21. The second-order valence-electron chi connectivity index (χ2n) is 5.21. The fourth-order valence-corrected chi connectivity index (χ4v) is 2.72. The molecule has 3 nitrogen and oxygen atoms in total. The van der Waals surface area contributed by atoms with Crippen LogP contribution in [-0.4, -0.2) is 18.3 Å². The first kappa shape index (κ1) is 13.2. The highest BCUT2D eigenvalue weighted by atomic mass is 16.5. The van der Waals surface area contributed by atoms with E-state index in [2.05, 4.69) is 12.2 Å². The van der Waals surface area contributed by atoms with E-state index in [9.17, 15) is 5.11 Å². The summed E-state index contributed by atoms with van der Waals surface area (Å²) in [5.74, 6) is 1.80. The molecule has 0 heterocycles. The molecule has 0 spiro atoms. The molecule has 1 aromatic rings. The Morgan fingerprint density at radius 1 is 1.39 bits per heavy atom. The van der Waals surface area contributed by atoms with E-state index in [1.807, 2.05) is 12.1 Å². The molecule has 1 aliphatic rings. The third kappa shape index (κ3) is 3.16. The van der Waals surface area contributed by atoms with Crippen LogP contribution < -0.4 is 10.1 Å². The summed E-state index contributed by atoms with van der Waals surface area (Å²) in [6, 6.07) is 5.99. The normalized spacial score (nSPS) is 17.9. The van der Waals surface area contributed by atoms with Crippen LogP contribution in [0.4, 0.5) is 0 Å². The molecule has 0 aliphatic heterocycles. The van der Waals surface area contributed by atoms with Crippen molar-refractivity contribution in [3.05, 3.63) is 23.8 Å². The first-order chi connectivity index (χ1) is 8.70. The zero-order valence-corrected chi connectivity index (χ0v) is 11.3. The van der Waals surface area contributed by atoms with E-state index in [4.69, 9.17) is 4.74 Å². The van der Waals surface area contributed by atoms with Crippen molar-refractivity contribution in [2.75, 3.05) is 7.11 Å². The summed E-state index contributed by atoms with van der Waals surface area (Å²) in [7, 11) is 1.61. The lowest BCUT2D eigenvalue weighted by Crippen LogP contribution is -2.31. The van der Waals surface area contributed by atoms with Crippen LogP contribution in [0.25, 0.3) is 0 Å². The van der Waals surface area contributed by atoms with Crippen molar-refractivity contribution in [3.63, 3.8) is 0 Å². The van der Waals surface area contributed by atoms with Gasteiger partial charge in [-0.2, -0.15) is 0 Å². The minimum absolute atomic E-state index is 0.306. The maximum Gasteiger partial charge on any atom is 0.123 e. The number of methoxy groups -OCH3 is 1. The van der Waals surface area contributed by atoms with Gasteiger partial charge in [0.25, 0.3) is 0 Å². The average Bonchev–Trinajstić information content (AvgIpc) is 2.90. The van der Waals surface area contributed by atoms with Gasteiger partial charge in [-0.25, -0.2) is 0 Å². The Hall–Kier alpha value is -1.22. The van der Waals surface area contributed by atoms with Gasteiger partial charge in [0.15, 0.2) is 0 Å². The summed E-state index contributed by atoms with van der Waals surface area (Å²) in [6.07, 6.45) is 5.40. The number of benzene rings is 1. The van der Waals surface area contributed by atoms with Gasteiger partial charge in [-0.15, -0.1) is 0 Å². The Morgan fingerprint density at radius 2 is 2.11 bits per heavy atom. The van der Waals surface area contributed by atoms with E-state index in [-0.39, 0.29) is 0 Å². The lowest BCUT2D eigenvalue weighted by atomic mass is 9.99. The van der Waals surface area contributed by atoms with Crippen molar-refractivity contribution in [2.24, 2.45) is 5.92 Å². The Kier molecular flexibility index (Phi) is 4.48. The number of hydrogen-bond donors (Lipinski definition) is 2. The lowest BCUT2D eigenvalue weighted by molar-refractivity contribution is 0.374. The van der Waals surface area contributed by atoms with Crippen molar-refractivity contribution >= 4 is 0 Å². The zero-order valence-electron chi connectivity index (χ0n) is 11.3. The van der Waals surface area contributed by atoms with E-state index in [0.717, 1.165) is 11.5 Å². The molecule has 1 atom stereocenters. The molecule has 0 radical (unpaired) electrons. The SMILES string of the molecule is COc1ccc(CN[C@@H](C)C2CCCC2)c(O)c1. The monoisotopic (exact) mass is 249 g/mol. The van der Waals surface area contributed by atoms with Gasteiger partial charge in [0, 0.05) is 24.2 Å². The van der Waals surface area contributed by atoms with Crippen molar-refractivity contribution in [1.82, 2.24) is 5.32 Å². The fourth-order valence-electron chi connectivity index (χ4n) is 2.72. The number of phenols is 1. The average molecular weight is 249 g/mol. The summed E-state index contributed by atoms with van der Waals surface area (Å²) in [6.45, 7) is 2.96. The van der Waals surface area contributed by atoms with Crippen molar-refractivity contribution < 1.29 is 9.84 Å².